The maximum Gasteiger partial charge on any atom is 0.342 e. The fraction of sp³-hybridized carbons (Fsp3) is 0. The van der Waals surface area contributed by atoms with Crippen molar-refractivity contribution < 1.29 is 40.6 Å². The van der Waals surface area contributed by atoms with Crippen LogP contribution < -0.4 is 0 Å². The van der Waals surface area contributed by atoms with Gasteiger partial charge in [-0.1, -0.05) is 0 Å². The number of carboxylic acid groups (broad SMARTS) is 1. The second kappa shape index (κ2) is 4.67. The second-order valence-corrected chi connectivity index (χ2v) is 2.89. The first-order valence-corrected chi connectivity index (χ1v) is 4.00. The summed E-state index contributed by atoms with van der Waals surface area (Å²) in [6.07, 6.45) is -3.09. The van der Waals surface area contributed by atoms with Crippen molar-refractivity contribution in [3.8, 4) is 0 Å². The number of benzene rings is 1. The van der Waals surface area contributed by atoms with Crippen LogP contribution in [0.15, 0.2) is 6.08 Å². The molecule has 0 atom stereocenters. The summed E-state index contributed by atoms with van der Waals surface area (Å²) < 4.78 is 88.3. The van der Waals surface area contributed by atoms with E-state index in [9.17, 15) is 35.5 Å². The van der Waals surface area contributed by atoms with E-state index in [0.717, 1.165) is 0 Å². The molecule has 9 heteroatoms. The van der Waals surface area contributed by atoms with Gasteiger partial charge in [0, 0.05) is 0 Å². The molecule has 0 aliphatic rings. The topological polar surface area (TPSA) is 37.3 Å². The van der Waals surface area contributed by atoms with Gasteiger partial charge in [0.25, 0.3) is 6.08 Å². The molecule has 1 aromatic rings. The Labute approximate surface area is 94.0 Å². The Morgan fingerprint density at radius 3 is 1.39 bits per heavy atom. The van der Waals surface area contributed by atoms with Gasteiger partial charge in [0.1, 0.15) is 5.57 Å². The van der Waals surface area contributed by atoms with Gasteiger partial charge in [0.15, 0.2) is 23.3 Å². The van der Waals surface area contributed by atoms with Crippen molar-refractivity contribution in [1.82, 2.24) is 0 Å². The van der Waals surface area contributed by atoms with Crippen LogP contribution >= 0.6 is 0 Å². The Morgan fingerprint density at radius 1 is 0.778 bits per heavy atom. The van der Waals surface area contributed by atoms with Crippen LogP contribution in [0.3, 0.4) is 0 Å². The van der Waals surface area contributed by atoms with Crippen LogP contribution in [0.2, 0.25) is 0 Å². The molecule has 98 valence electrons. The van der Waals surface area contributed by atoms with Gasteiger partial charge in [-0.25, -0.2) is 26.7 Å². The molecule has 0 amide bonds. The molecule has 0 aromatic heterocycles. The first kappa shape index (κ1) is 14.0. The summed E-state index contributed by atoms with van der Waals surface area (Å²) in [4.78, 5) is 10.3. The number of halogens is 7. The number of carboxylic acids is 1. The zero-order valence-corrected chi connectivity index (χ0v) is 8.00. The monoisotopic (exact) mass is 274 g/mol. The molecule has 1 rings (SSSR count). The first-order valence-electron chi connectivity index (χ1n) is 4.00. The summed E-state index contributed by atoms with van der Waals surface area (Å²) in [5, 5.41) is 8.29. The maximum atomic E-state index is 13.0. The zero-order chi connectivity index (χ0) is 14.2. The summed E-state index contributed by atoms with van der Waals surface area (Å²) >= 11 is 0. The van der Waals surface area contributed by atoms with Gasteiger partial charge in [0.05, 0.1) is 5.56 Å². The molecule has 2 nitrogen and oxygen atoms in total. The smallest absolute Gasteiger partial charge is 0.342 e. The van der Waals surface area contributed by atoms with Crippen molar-refractivity contribution in [1.29, 1.82) is 0 Å². The van der Waals surface area contributed by atoms with Crippen molar-refractivity contribution in [3.05, 3.63) is 40.7 Å². The van der Waals surface area contributed by atoms with Crippen molar-refractivity contribution in [2.75, 3.05) is 0 Å². The molecular formula is C9HF7O2. The number of rotatable bonds is 2. The molecule has 0 aliphatic heterocycles. The Bertz CT molecular complexity index is 532. The van der Waals surface area contributed by atoms with Crippen LogP contribution in [-0.2, 0) is 4.79 Å². The van der Waals surface area contributed by atoms with Gasteiger partial charge >= 0.3 is 5.97 Å². The van der Waals surface area contributed by atoms with Gasteiger partial charge < -0.3 is 5.11 Å². The lowest BCUT2D eigenvalue weighted by Gasteiger charge is -2.07. The maximum absolute atomic E-state index is 13.0. The lowest BCUT2D eigenvalue weighted by molar-refractivity contribution is -0.130. The van der Waals surface area contributed by atoms with Crippen LogP contribution in [0, 0.1) is 29.1 Å². The van der Waals surface area contributed by atoms with E-state index in [-0.39, 0.29) is 0 Å². The fourth-order valence-electron chi connectivity index (χ4n) is 1.11. The Kier molecular flexibility index (Phi) is 3.63. The first-order chi connectivity index (χ1) is 8.20. The molecule has 18 heavy (non-hydrogen) atoms. The number of aliphatic carboxylic acids is 1. The molecule has 0 unspecified atom stereocenters. The van der Waals surface area contributed by atoms with E-state index in [1.807, 2.05) is 0 Å². The van der Waals surface area contributed by atoms with Crippen molar-refractivity contribution >= 4 is 11.5 Å². The molecule has 0 heterocycles. The van der Waals surface area contributed by atoms with Gasteiger partial charge in [0.2, 0.25) is 5.82 Å². The predicted molar refractivity (Wildman–Crippen MR) is 43.0 cm³/mol. The lowest BCUT2D eigenvalue weighted by Crippen LogP contribution is -2.11. The van der Waals surface area contributed by atoms with Gasteiger partial charge in [-0.3, -0.25) is 0 Å². The number of hydrogen-bond donors (Lipinski definition) is 1. The molecule has 0 saturated heterocycles. The third kappa shape index (κ3) is 2.03. The highest BCUT2D eigenvalue weighted by atomic mass is 19.3. The van der Waals surface area contributed by atoms with Crippen molar-refractivity contribution in [2.24, 2.45) is 0 Å². The highest BCUT2D eigenvalue weighted by Gasteiger charge is 2.32. The van der Waals surface area contributed by atoms with Gasteiger partial charge in [-0.15, -0.1) is 0 Å². The lowest BCUT2D eigenvalue weighted by atomic mass is 10.0. The number of hydrogen-bond acceptors (Lipinski definition) is 1. The minimum Gasteiger partial charge on any atom is -0.477 e. The average Bonchev–Trinajstić information content (AvgIpc) is 2.28. The Hall–Kier alpha value is -2.06. The molecule has 0 aliphatic carbocycles. The average molecular weight is 274 g/mol. The summed E-state index contributed by atoms with van der Waals surface area (Å²) in [5.41, 5.74) is -4.47. The Morgan fingerprint density at radius 2 is 1.11 bits per heavy atom. The molecule has 0 fully saturated rings. The minimum absolute atomic E-state index is 2.18. The highest BCUT2D eigenvalue weighted by Crippen LogP contribution is 2.31. The van der Waals surface area contributed by atoms with Crippen LogP contribution in [0.1, 0.15) is 5.56 Å². The molecule has 0 saturated carbocycles. The molecule has 1 N–H and O–H groups in total. The van der Waals surface area contributed by atoms with Gasteiger partial charge in [-0.05, 0) is 0 Å². The van der Waals surface area contributed by atoms with Crippen LogP contribution in [0.5, 0.6) is 0 Å². The summed E-state index contributed by atoms with van der Waals surface area (Å²) in [5.74, 6) is -15.4. The van der Waals surface area contributed by atoms with Crippen LogP contribution in [-0.4, -0.2) is 11.1 Å². The third-order valence-corrected chi connectivity index (χ3v) is 1.86. The van der Waals surface area contributed by atoms with Crippen molar-refractivity contribution in [2.45, 2.75) is 0 Å². The molecule has 0 bridgehead atoms. The Balaban J connectivity index is 3.82. The normalized spacial score (nSPS) is 10.4. The van der Waals surface area contributed by atoms with E-state index in [1.165, 1.54) is 0 Å². The summed E-state index contributed by atoms with van der Waals surface area (Å²) in [6.45, 7) is 0. The van der Waals surface area contributed by atoms with Crippen LogP contribution in [0.4, 0.5) is 30.7 Å². The summed E-state index contributed by atoms with van der Waals surface area (Å²) in [6, 6.07) is 0. The quantitative estimate of drug-likeness (QED) is 0.389. The fourth-order valence-corrected chi connectivity index (χ4v) is 1.11. The van der Waals surface area contributed by atoms with E-state index < -0.39 is 52.3 Å². The standard InChI is InChI=1S/C9HF7O2/c10-3-1(2(8(15)16)9(17)18)4(11)6(13)7(14)5(3)12/h(H,17,18). The van der Waals surface area contributed by atoms with E-state index >= 15 is 0 Å². The SMILES string of the molecule is O=C(O)C(=C(F)F)c1c(F)c(F)c(F)c(F)c1F. The van der Waals surface area contributed by atoms with E-state index in [4.69, 9.17) is 5.11 Å². The van der Waals surface area contributed by atoms with Crippen molar-refractivity contribution in [3.63, 3.8) is 0 Å². The summed E-state index contributed by atoms with van der Waals surface area (Å²) in [7, 11) is 0. The largest absolute Gasteiger partial charge is 0.477 e. The van der Waals surface area contributed by atoms with Gasteiger partial charge in [-0.2, -0.15) is 8.78 Å². The van der Waals surface area contributed by atoms with E-state index in [2.05, 4.69) is 0 Å². The second-order valence-electron chi connectivity index (χ2n) is 2.89. The number of carbonyl (C=O) groups is 1. The predicted octanol–water partition coefficient (Wildman–Crippen LogP) is 3.07. The third-order valence-electron chi connectivity index (χ3n) is 1.86. The van der Waals surface area contributed by atoms with Crippen LogP contribution in [0.25, 0.3) is 5.57 Å². The molecular weight excluding hydrogens is 273 g/mol. The van der Waals surface area contributed by atoms with E-state index in [1.54, 1.807) is 0 Å². The molecule has 1 aromatic carbocycles. The highest BCUT2D eigenvalue weighted by molar-refractivity contribution is 6.15. The van der Waals surface area contributed by atoms with E-state index in [0.29, 0.717) is 0 Å². The minimum atomic E-state index is -3.09. The zero-order valence-electron chi connectivity index (χ0n) is 8.00. The molecule has 0 spiro atoms. The molecule has 0 radical (unpaired) electrons.